The fourth-order valence-electron chi connectivity index (χ4n) is 1.64. The van der Waals surface area contributed by atoms with E-state index in [1.54, 1.807) is 31.4 Å². The molecule has 1 aromatic carbocycles. The van der Waals surface area contributed by atoms with Gasteiger partial charge in [-0.25, -0.2) is 0 Å². The number of hydrogen-bond acceptors (Lipinski definition) is 4. The Morgan fingerprint density at radius 1 is 1.25 bits per heavy atom. The first-order valence-corrected chi connectivity index (χ1v) is 6.40. The maximum Gasteiger partial charge on any atom is 0.251 e. The summed E-state index contributed by atoms with van der Waals surface area (Å²) in [5.41, 5.74) is 0.505. The van der Waals surface area contributed by atoms with E-state index in [0.717, 1.165) is 0 Å². The molecule has 0 spiro atoms. The molecule has 0 heterocycles. The van der Waals surface area contributed by atoms with Crippen LogP contribution in [0.15, 0.2) is 30.3 Å². The number of nitrogens with zero attached hydrogens (tertiary/aromatic N) is 1. The predicted molar refractivity (Wildman–Crippen MR) is 74.3 cm³/mol. The molecule has 0 bridgehead atoms. The van der Waals surface area contributed by atoms with Crippen LogP contribution >= 0.6 is 0 Å². The summed E-state index contributed by atoms with van der Waals surface area (Å²) < 4.78 is 4.90. The molecule has 0 aromatic heterocycles. The summed E-state index contributed by atoms with van der Waals surface area (Å²) in [5, 5.41) is 11.5. The minimum absolute atomic E-state index is 0.0998. The summed E-state index contributed by atoms with van der Waals surface area (Å²) in [4.78, 5) is 25.2. The van der Waals surface area contributed by atoms with Crippen molar-refractivity contribution >= 4 is 11.8 Å². The van der Waals surface area contributed by atoms with Crippen molar-refractivity contribution in [2.75, 3.05) is 40.0 Å². The molecule has 0 saturated heterocycles. The van der Waals surface area contributed by atoms with E-state index in [9.17, 15) is 9.59 Å². The Balaban J connectivity index is 2.46. The molecule has 0 unspecified atom stereocenters. The number of methoxy groups -OCH3 is 1. The summed E-state index contributed by atoms with van der Waals surface area (Å²) in [6, 6.07) is 8.68. The van der Waals surface area contributed by atoms with Gasteiger partial charge in [-0.2, -0.15) is 0 Å². The molecule has 2 N–H and O–H groups in total. The third-order valence-corrected chi connectivity index (χ3v) is 2.72. The summed E-state index contributed by atoms with van der Waals surface area (Å²) in [5.74, 6) is -0.546. The molecular weight excluding hydrogens is 260 g/mol. The first kappa shape index (κ1) is 16.1. The number of carbonyl (C=O) groups is 2. The van der Waals surface area contributed by atoms with Gasteiger partial charge >= 0.3 is 0 Å². The summed E-state index contributed by atoms with van der Waals surface area (Å²) in [7, 11) is 1.54. The average Bonchev–Trinajstić information content (AvgIpc) is 2.49. The molecule has 1 rings (SSSR count). The highest BCUT2D eigenvalue weighted by Crippen LogP contribution is 1.98. The van der Waals surface area contributed by atoms with Crippen LogP contribution < -0.4 is 5.32 Å². The van der Waals surface area contributed by atoms with Gasteiger partial charge in [-0.1, -0.05) is 18.2 Å². The van der Waals surface area contributed by atoms with Gasteiger partial charge in [-0.3, -0.25) is 9.59 Å². The zero-order valence-electron chi connectivity index (χ0n) is 11.5. The monoisotopic (exact) mass is 280 g/mol. The third-order valence-electron chi connectivity index (χ3n) is 2.72. The SMILES string of the molecule is COCCN(CCO)C(=O)CNC(=O)c1ccccc1. The van der Waals surface area contributed by atoms with Gasteiger partial charge in [0.1, 0.15) is 0 Å². The van der Waals surface area contributed by atoms with Crippen molar-refractivity contribution in [2.24, 2.45) is 0 Å². The van der Waals surface area contributed by atoms with E-state index in [4.69, 9.17) is 9.84 Å². The predicted octanol–water partition coefficient (Wildman–Crippen LogP) is -0.116. The zero-order chi connectivity index (χ0) is 14.8. The van der Waals surface area contributed by atoms with Gasteiger partial charge in [0.2, 0.25) is 5.91 Å². The second kappa shape index (κ2) is 9.06. The molecule has 0 aliphatic rings. The summed E-state index contributed by atoms with van der Waals surface area (Å²) in [6.45, 7) is 0.776. The lowest BCUT2D eigenvalue weighted by Gasteiger charge is -2.21. The fraction of sp³-hybridized carbons (Fsp3) is 0.429. The van der Waals surface area contributed by atoms with Crippen molar-refractivity contribution in [3.05, 3.63) is 35.9 Å². The second-order valence-electron chi connectivity index (χ2n) is 4.15. The van der Waals surface area contributed by atoms with Gasteiger partial charge in [0.15, 0.2) is 0 Å². The number of amides is 2. The highest BCUT2D eigenvalue weighted by atomic mass is 16.5. The summed E-state index contributed by atoms with van der Waals surface area (Å²) in [6.07, 6.45) is 0. The van der Waals surface area contributed by atoms with Crippen LogP contribution in [0.5, 0.6) is 0 Å². The van der Waals surface area contributed by atoms with Crippen LogP contribution in [0.2, 0.25) is 0 Å². The Hall–Kier alpha value is -1.92. The van der Waals surface area contributed by atoms with Crippen LogP contribution in [0, 0.1) is 0 Å². The van der Waals surface area contributed by atoms with Gasteiger partial charge in [0, 0.05) is 25.8 Å². The Morgan fingerprint density at radius 2 is 1.95 bits per heavy atom. The average molecular weight is 280 g/mol. The molecule has 0 saturated carbocycles. The highest BCUT2D eigenvalue weighted by Gasteiger charge is 2.14. The van der Waals surface area contributed by atoms with Crippen LogP contribution in [0.1, 0.15) is 10.4 Å². The van der Waals surface area contributed by atoms with Gasteiger partial charge in [0.25, 0.3) is 5.91 Å². The van der Waals surface area contributed by atoms with Crippen molar-refractivity contribution in [1.29, 1.82) is 0 Å². The van der Waals surface area contributed by atoms with Crippen molar-refractivity contribution in [2.45, 2.75) is 0 Å². The molecule has 6 heteroatoms. The lowest BCUT2D eigenvalue weighted by Crippen LogP contribution is -2.42. The van der Waals surface area contributed by atoms with E-state index in [1.807, 2.05) is 6.07 Å². The smallest absolute Gasteiger partial charge is 0.251 e. The van der Waals surface area contributed by atoms with E-state index in [-0.39, 0.29) is 31.5 Å². The van der Waals surface area contributed by atoms with E-state index < -0.39 is 0 Å². The van der Waals surface area contributed by atoms with Crippen LogP contribution in [0.25, 0.3) is 0 Å². The van der Waals surface area contributed by atoms with E-state index in [0.29, 0.717) is 18.7 Å². The first-order chi connectivity index (χ1) is 9.69. The molecule has 0 aliphatic carbocycles. The van der Waals surface area contributed by atoms with Crippen molar-refractivity contribution in [3.8, 4) is 0 Å². The Bertz CT molecular complexity index is 422. The fourth-order valence-corrected chi connectivity index (χ4v) is 1.64. The van der Waals surface area contributed by atoms with Gasteiger partial charge in [0.05, 0.1) is 19.8 Å². The normalized spacial score (nSPS) is 10.1. The number of nitrogens with one attached hydrogen (secondary N) is 1. The summed E-state index contributed by atoms with van der Waals surface area (Å²) >= 11 is 0. The van der Waals surface area contributed by atoms with Gasteiger partial charge in [-0.15, -0.1) is 0 Å². The van der Waals surface area contributed by atoms with Crippen LogP contribution in [-0.4, -0.2) is 61.8 Å². The first-order valence-electron chi connectivity index (χ1n) is 6.40. The molecular formula is C14H20N2O4. The number of rotatable bonds is 8. The van der Waals surface area contributed by atoms with Gasteiger partial charge in [-0.05, 0) is 12.1 Å². The lowest BCUT2D eigenvalue weighted by atomic mass is 10.2. The molecule has 1 aromatic rings. The van der Waals surface area contributed by atoms with E-state index in [1.165, 1.54) is 4.90 Å². The molecule has 110 valence electrons. The number of hydrogen-bond donors (Lipinski definition) is 2. The number of aliphatic hydroxyl groups is 1. The number of aliphatic hydroxyl groups excluding tert-OH is 1. The van der Waals surface area contributed by atoms with Crippen LogP contribution in [0.3, 0.4) is 0 Å². The molecule has 0 atom stereocenters. The van der Waals surface area contributed by atoms with E-state index in [2.05, 4.69) is 5.32 Å². The molecule has 6 nitrogen and oxygen atoms in total. The van der Waals surface area contributed by atoms with Crippen LogP contribution in [-0.2, 0) is 9.53 Å². The number of benzene rings is 1. The molecule has 0 aliphatic heterocycles. The standard InChI is InChI=1S/C14H20N2O4/c1-20-10-8-16(7-9-17)13(18)11-15-14(19)12-5-3-2-4-6-12/h2-6,17H,7-11H2,1H3,(H,15,19). The Kier molecular flexibility index (Phi) is 7.31. The molecule has 2 amide bonds. The highest BCUT2D eigenvalue weighted by molar-refractivity contribution is 5.96. The van der Waals surface area contributed by atoms with Crippen molar-refractivity contribution in [3.63, 3.8) is 0 Å². The van der Waals surface area contributed by atoms with Crippen molar-refractivity contribution in [1.82, 2.24) is 10.2 Å². The topological polar surface area (TPSA) is 78.9 Å². The van der Waals surface area contributed by atoms with Crippen molar-refractivity contribution < 1.29 is 19.4 Å². The molecule has 0 radical (unpaired) electrons. The molecule has 0 fully saturated rings. The lowest BCUT2D eigenvalue weighted by molar-refractivity contribution is -0.131. The largest absolute Gasteiger partial charge is 0.395 e. The number of ether oxygens (including phenoxy) is 1. The van der Waals surface area contributed by atoms with Crippen LogP contribution in [0.4, 0.5) is 0 Å². The maximum absolute atomic E-state index is 11.9. The minimum Gasteiger partial charge on any atom is -0.395 e. The zero-order valence-corrected chi connectivity index (χ0v) is 11.5. The quantitative estimate of drug-likeness (QED) is 0.696. The third kappa shape index (κ3) is 5.38. The second-order valence-corrected chi connectivity index (χ2v) is 4.15. The van der Waals surface area contributed by atoms with Gasteiger partial charge < -0.3 is 20.1 Å². The Labute approximate surface area is 118 Å². The number of carbonyl (C=O) groups excluding carboxylic acids is 2. The minimum atomic E-state index is -0.297. The molecule has 20 heavy (non-hydrogen) atoms. The Morgan fingerprint density at radius 3 is 2.55 bits per heavy atom. The van der Waals surface area contributed by atoms with E-state index >= 15 is 0 Å². The maximum atomic E-state index is 11.9.